The van der Waals surface area contributed by atoms with Crippen molar-refractivity contribution in [2.24, 2.45) is 0 Å². The summed E-state index contributed by atoms with van der Waals surface area (Å²) >= 11 is 0. The highest BCUT2D eigenvalue weighted by Gasteiger charge is 2.45. The van der Waals surface area contributed by atoms with Crippen molar-refractivity contribution in [3.63, 3.8) is 0 Å². The van der Waals surface area contributed by atoms with Crippen LogP contribution >= 0.6 is 0 Å². The fraction of sp³-hybridized carbons (Fsp3) is 0.0476. The first-order chi connectivity index (χ1) is 21.7. The first-order valence-electron chi connectivity index (χ1n) is 14.9. The third-order valence-electron chi connectivity index (χ3n) is 8.01. The summed E-state index contributed by atoms with van der Waals surface area (Å²) in [6, 6.07) is 60.0. The molecule has 1 aliphatic carbocycles. The Morgan fingerprint density at radius 3 is 1.43 bits per heavy atom. The molecule has 2 nitrogen and oxygen atoms in total. The SMILES string of the molecule is Oc1ccccc1C1=CC(O)(c2ccccc2)C(c2ccccc2)C(c2ccccc2)=C1c1ccccc1.c1ccccc1. The first kappa shape index (κ1) is 28.7. The molecule has 0 saturated heterocycles. The fourth-order valence-corrected chi connectivity index (χ4v) is 6.05. The highest BCUT2D eigenvalue weighted by molar-refractivity contribution is 6.18. The molecule has 6 aromatic carbocycles. The first-order valence-corrected chi connectivity index (χ1v) is 14.9. The summed E-state index contributed by atoms with van der Waals surface area (Å²) in [4.78, 5) is 0. The molecule has 2 heteroatoms. The molecule has 44 heavy (non-hydrogen) atoms. The van der Waals surface area contributed by atoms with E-state index in [1.165, 1.54) is 0 Å². The summed E-state index contributed by atoms with van der Waals surface area (Å²) in [5.41, 5.74) is 5.95. The molecule has 0 fully saturated rings. The highest BCUT2D eigenvalue weighted by Crippen LogP contribution is 2.57. The Morgan fingerprint density at radius 2 is 0.886 bits per heavy atom. The van der Waals surface area contributed by atoms with Crippen molar-refractivity contribution in [1.29, 1.82) is 0 Å². The second-order valence-corrected chi connectivity index (χ2v) is 10.8. The van der Waals surface area contributed by atoms with Crippen molar-refractivity contribution in [3.05, 3.63) is 216 Å². The number of allylic oxidation sites excluding steroid dienone is 2. The monoisotopic (exact) mass is 570 g/mol. The van der Waals surface area contributed by atoms with Gasteiger partial charge in [-0.25, -0.2) is 0 Å². The maximum atomic E-state index is 12.9. The molecule has 2 atom stereocenters. The van der Waals surface area contributed by atoms with Gasteiger partial charge in [-0.15, -0.1) is 0 Å². The fourth-order valence-electron chi connectivity index (χ4n) is 6.05. The van der Waals surface area contributed by atoms with Crippen LogP contribution in [0.3, 0.4) is 0 Å². The van der Waals surface area contributed by atoms with Gasteiger partial charge in [-0.3, -0.25) is 0 Å². The lowest BCUT2D eigenvalue weighted by atomic mass is 9.64. The summed E-state index contributed by atoms with van der Waals surface area (Å²) in [5.74, 6) is -0.230. The number of rotatable bonds is 5. The molecule has 0 bridgehead atoms. The molecular formula is C42H34O2. The van der Waals surface area contributed by atoms with Gasteiger partial charge in [0.25, 0.3) is 0 Å². The maximum absolute atomic E-state index is 12.9. The molecule has 0 aromatic heterocycles. The zero-order chi connectivity index (χ0) is 30.2. The Kier molecular flexibility index (Phi) is 8.63. The molecule has 2 N–H and O–H groups in total. The number of para-hydroxylation sites is 1. The highest BCUT2D eigenvalue weighted by atomic mass is 16.3. The molecule has 1 aliphatic rings. The van der Waals surface area contributed by atoms with Gasteiger partial charge in [0.15, 0.2) is 0 Å². The van der Waals surface area contributed by atoms with Gasteiger partial charge in [-0.1, -0.05) is 176 Å². The van der Waals surface area contributed by atoms with E-state index >= 15 is 0 Å². The molecule has 214 valence electrons. The van der Waals surface area contributed by atoms with Gasteiger partial charge >= 0.3 is 0 Å². The minimum absolute atomic E-state index is 0.174. The Bertz CT molecular complexity index is 1820. The van der Waals surface area contributed by atoms with Crippen LogP contribution in [-0.2, 0) is 5.60 Å². The Balaban J connectivity index is 0.000000513. The lowest BCUT2D eigenvalue weighted by molar-refractivity contribution is 0.0764. The zero-order valence-corrected chi connectivity index (χ0v) is 24.4. The van der Waals surface area contributed by atoms with Crippen molar-refractivity contribution in [1.82, 2.24) is 0 Å². The van der Waals surface area contributed by atoms with Crippen molar-refractivity contribution in [2.45, 2.75) is 11.5 Å². The lowest BCUT2D eigenvalue weighted by Gasteiger charge is -2.42. The Morgan fingerprint density at radius 1 is 0.455 bits per heavy atom. The van der Waals surface area contributed by atoms with E-state index in [2.05, 4.69) is 36.4 Å². The zero-order valence-electron chi connectivity index (χ0n) is 24.4. The molecule has 6 aromatic rings. The van der Waals surface area contributed by atoms with Crippen LogP contribution in [0.4, 0.5) is 0 Å². The van der Waals surface area contributed by atoms with E-state index in [1.54, 1.807) is 6.07 Å². The summed E-state index contributed by atoms with van der Waals surface area (Å²) in [7, 11) is 0. The van der Waals surface area contributed by atoms with E-state index in [1.807, 2.05) is 146 Å². The molecule has 0 saturated carbocycles. The Labute approximate surface area is 259 Å². The van der Waals surface area contributed by atoms with Gasteiger partial charge in [0.1, 0.15) is 11.4 Å². The van der Waals surface area contributed by atoms with E-state index in [0.29, 0.717) is 5.56 Å². The summed E-state index contributed by atoms with van der Waals surface area (Å²) < 4.78 is 0. The quantitative estimate of drug-likeness (QED) is 0.217. The third kappa shape index (κ3) is 5.89. The number of aromatic hydroxyl groups is 1. The molecule has 7 rings (SSSR count). The molecule has 0 aliphatic heterocycles. The predicted octanol–water partition coefficient (Wildman–Crippen LogP) is 9.76. The summed E-state index contributed by atoms with van der Waals surface area (Å²) in [6.07, 6.45) is 1.95. The van der Waals surface area contributed by atoms with Crippen LogP contribution in [0.5, 0.6) is 5.75 Å². The van der Waals surface area contributed by atoms with Crippen LogP contribution in [0.25, 0.3) is 16.7 Å². The predicted molar refractivity (Wildman–Crippen MR) is 182 cm³/mol. The minimum atomic E-state index is -1.39. The van der Waals surface area contributed by atoms with E-state index in [9.17, 15) is 10.2 Å². The number of hydrogen-bond acceptors (Lipinski definition) is 2. The van der Waals surface area contributed by atoms with Crippen LogP contribution in [0.1, 0.15) is 33.7 Å². The number of aliphatic hydroxyl groups is 1. The third-order valence-corrected chi connectivity index (χ3v) is 8.01. The second kappa shape index (κ2) is 13.2. The van der Waals surface area contributed by atoms with E-state index in [0.717, 1.165) is 39.0 Å². The van der Waals surface area contributed by atoms with Crippen LogP contribution in [0, 0.1) is 0 Å². The largest absolute Gasteiger partial charge is 0.507 e. The van der Waals surface area contributed by atoms with Gasteiger partial charge in [0.05, 0.1) is 0 Å². The van der Waals surface area contributed by atoms with Crippen LogP contribution < -0.4 is 0 Å². The normalized spacial score (nSPS) is 17.7. The number of phenols is 1. The molecular weight excluding hydrogens is 536 g/mol. The minimum Gasteiger partial charge on any atom is -0.507 e. The summed E-state index contributed by atoms with van der Waals surface area (Å²) in [5, 5.41) is 23.9. The van der Waals surface area contributed by atoms with Gasteiger partial charge in [0, 0.05) is 11.5 Å². The molecule has 0 amide bonds. The molecule has 0 radical (unpaired) electrons. The van der Waals surface area contributed by atoms with Crippen molar-refractivity contribution >= 4 is 16.7 Å². The number of benzene rings is 6. The van der Waals surface area contributed by atoms with Crippen molar-refractivity contribution < 1.29 is 10.2 Å². The average molecular weight is 571 g/mol. The van der Waals surface area contributed by atoms with E-state index in [4.69, 9.17) is 0 Å². The lowest BCUT2D eigenvalue weighted by Crippen LogP contribution is -2.35. The van der Waals surface area contributed by atoms with Crippen LogP contribution in [-0.4, -0.2) is 10.2 Å². The Hall–Kier alpha value is -5.44. The van der Waals surface area contributed by atoms with Gasteiger partial charge in [-0.2, -0.15) is 0 Å². The number of hydrogen-bond donors (Lipinski definition) is 2. The number of phenolic OH excluding ortho intramolecular Hbond substituents is 1. The van der Waals surface area contributed by atoms with Gasteiger partial charge < -0.3 is 10.2 Å². The van der Waals surface area contributed by atoms with Crippen LogP contribution in [0.15, 0.2) is 188 Å². The maximum Gasteiger partial charge on any atom is 0.123 e. The van der Waals surface area contributed by atoms with E-state index in [-0.39, 0.29) is 5.75 Å². The van der Waals surface area contributed by atoms with E-state index < -0.39 is 11.5 Å². The molecule has 0 spiro atoms. The molecule has 0 heterocycles. The molecule has 2 unspecified atom stereocenters. The van der Waals surface area contributed by atoms with Crippen LogP contribution in [0.2, 0.25) is 0 Å². The van der Waals surface area contributed by atoms with Gasteiger partial charge in [0.2, 0.25) is 0 Å². The second-order valence-electron chi connectivity index (χ2n) is 10.8. The topological polar surface area (TPSA) is 40.5 Å². The standard InChI is InChI=1S/C36H28O2.C6H6/c37-32-24-14-13-23-30(32)31-25-36(38,29-21-11-4-12-22-29)35(28-19-9-3-10-20-28)34(27-17-7-2-8-18-27)33(31)26-15-5-1-6-16-26;1-2-4-6-5-3-1/h1-25,35,37-38H;1-6H. The van der Waals surface area contributed by atoms with Crippen molar-refractivity contribution in [2.75, 3.05) is 0 Å². The van der Waals surface area contributed by atoms with Gasteiger partial charge in [-0.05, 0) is 51.1 Å². The average Bonchev–Trinajstić information content (AvgIpc) is 3.10. The summed E-state index contributed by atoms with van der Waals surface area (Å²) in [6.45, 7) is 0. The smallest absolute Gasteiger partial charge is 0.123 e. The van der Waals surface area contributed by atoms with Crippen molar-refractivity contribution in [3.8, 4) is 5.75 Å².